The minimum atomic E-state index is 0. The molecule has 0 amide bonds. The molecule has 0 fully saturated rings. The van der Waals surface area contributed by atoms with Gasteiger partial charge in [-0.2, -0.15) is 59.8 Å². The topological polar surface area (TPSA) is 392 Å². The van der Waals surface area contributed by atoms with Crippen LogP contribution in [0.25, 0.3) is 0 Å². The molecule has 0 saturated carbocycles. The first-order valence-electron chi connectivity index (χ1n) is 42.1. The first-order valence-corrected chi connectivity index (χ1v) is 45.5. The summed E-state index contributed by atoms with van der Waals surface area (Å²) in [7, 11) is 0. The molecular weight excluding hydrogens is 1990 g/mol. The Balaban J connectivity index is 0.000000426. The number of aromatic nitrogens is 20. The normalized spacial score (nSPS) is 9.69. The molecule has 686 valence electrons. The van der Waals surface area contributed by atoms with Gasteiger partial charge in [0.1, 0.15) is 46.5 Å². The Kier molecular flexibility index (Phi) is 55.7. The second kappa shape index (κ2) is 64.6. The summed E-state index contributed by atoms with van der Waals surface area (Å²) in [6.45, 7) is 46.5. The van der Waals surface area contributed by atoms with Gasteiger partial charge < -0.3 is 39.2 Å². The molecule has 0 N–H and O–H groups in total. The van der Waals surface area contributed by atoms with E-state index in [0.717, 1.165) is 105 Å². The number of hydrogen-bond donors (Lipinski definition) is 0. The van der Waals surface area contributed by atoms with Crippen molar-refractivity contribution in [1.29, 1.82) is 21.0 Å². The van der Waals surface area contributed by atoms with Gasteiger partial charge in [-0.3, -0.25) is 0 Å². The summed E-state index contributed by atoms with van der Waals surface area (Å²) in [6, 6.07) is 46.0. The average molecular weight is 2110 g/mol. The summed E-state index contributed by atoms with van der Waals surface area (Å²) in [4.78, 5) is 124. The SMILES string of the molecule is CCN(CC)c1nc(N(CC)CC)nc(N(c2ccccn2)c2ccccn2)n1.CCN(CC)c1nc(N(CC)CC)nc(N(c2ccccn2)c2ccccn2)n1.CCN(CC)c1nc(N(CC)CC)nc(N(c2ccccn2)c2ccccn2)n1.CCN(CC)c1nc(N(CC)CC)nc(N(c2ccccn2)c2ccccn2)n1.N#C[Se-].N#C[Se-].N#C[Se-].N#C[Se-].[Co+2].[Co+2]. The Labute approximate surface area is 819 Å². The van der Waals surface area contributed by atoms with Crippen molar-refractivity contribution >= 4 is 182 Å². The summed E-state index contributed by atoms with van der Waals surface area (Å²) in [5.41, 5.74) is 0. The molecule has 0 saturated heterocycles. The maximum absolute atomic E-state index is 7.26. The molecule has 0 aromatic carbocycles. The molecule has 0 unspecified atom stereocenters. The zero-order valence-electron chi connectivity index (χ0n) is 76.2. The van der Waals surface area contributed by atoms with E-state index in [9.17, 15) is 0 Å². The van der Waals surface area contributed by atoms with Crippen molar-refractivity contribution in [3.05, 3.63) is 195 Å². The zero-order valence-corrected chi connectivity index (χ0v) is 85.1. The van der Waals surface area contributed by atoms with Crippen molar-refractivity contribution in [2.24, 2.45) is 0 Å². The van der Waals surface area contributed by atoms with Gasteiger partial charge in [0.05, 0.1) is 0 Å². The van der Waals surface area contributed by atoms with E-state index in [1.165, 1.54) is 0 Å². The Bertz CT molecular complexity index is 4270. The van der Waals surface area contributed by atoms with Gasteiger partial charge in [0.15, 0.2) is 0 Å². The largest absolute Gasteiger partial charge is 2.00 e. The van der Waals surface area contributed by atoms with Crippen LogP contribution in [0.5, 0.6) is 0 Å². The number of nitrogens with zero attached hydrogens (tertiary/aromatic N) is 36. The van der Waals surface area contributed by atoms with Gasteiger partial charge in [-0.1, -0.05) is 48.5 Å². The van der Waals surface area contributed by atoms with E-state index in [1.54, 1.807) is 69.4 Å². The molecule has 130 heavy (non-hydrogen) atoms. The molecule has 12 rings (SSSR count). The van der Waals surface area contributed by atoms with Gasteiger partial charge in [0.2, 0.25) is 71.4 Å². The molecule has 12 aromatic heterocycles. The zero-order chi connectivity index (χ0) is 93.4. The number of pyridine rings is 8. The Hall–Kier alpha value is -12.1. The van der Waals surface area contributed by atoms with E-state index in [4.69, 9.17) is 80.9 Å². The molecule has 12 aromatic rings. The fourth-order valence-corrected chi connectivity index (χ4v) is 12.1. The van der Waals surface area contributed by atoms with Crippen molar-refractivity contribution < 1.29 is 33.6 Å². The van der Waals surface area contributed by atoms with Crippen molar-refractivity contribution in [1.82, 2.24) is 99.7 Å². The Morgan fingerprint density at radius 1 is 0.185 bits per heavy atom. The summed E-state index contributed by atoms with van der Waals surface area (Å²) in [5, 5.41) is 29.1. The molecule has 42 heteroatoms. The molecule has 0 spiro atoms. The van der Waals surface area contributed by atoms with Crippen LogP contribution in [0.2, 0.25) is 0 Å². The second-order valence-electron chi connectivity index (χ2n) is 25.5. The number of hydrogen-bond acceptors (Lipinski definition) is 36. The molecule has 12 heterocycles. The van der Waals surface area contributed by atoms with Crippen LogP contribution in [0.1, 0.15) is 111 Å². The van der Waals surface area contributed by atoms with Gasteiger partial charge in [-0.05, 0) is 208 Å². The van der Waals surface area contributed by atoms with E-state index in [1.807, 2.05) is 165 Å². The van der Waals surface area contributed by atoms with Crippen molar-refractivity contribution in [3.63, 3.8) is 0 Å². The van der Waals surface area contributed by atoms with Gasteiger partial charge in [0.25, 0.3) is 0 Å². The summed E-state index contributed by atoms with van der Waals surface area (Å²) in [5.74, 6) is 12.8. The van der Waals surface area contributed by atoms with Crippen LogP contribution in [0, 0.1) is 40.9 Å². The third kappa shape index (κ3) is 34.1. The summed E-state index contributed by atoms with van der Waals surface area (Å²) in [6.07, 6.45) is 14.0. The maximum atomic E-state index is 7.26. The van der Waals surface area contributed by atoms with E-state index in [0.29, 0.717) is 118 Å². The second-order valence-corrected chi connectivity index (χ2v) is 27.1. The smallest absolute Gasteiger partial charge is 2.00 e. The van der Waals surface area contributed by atoms with Crippen LogP contribution in [-0.2, 0) is 33.6 Å². The van der Waals surface area contributed by atoms with Crippen LogP contribution < -0.4 is 58.8 Å². The van der Waals surface area contributed by atoms with Crippen LogP contribution in [0.15, 0.2) is 195 Å². The van der Waals surface area contributed by atoms with E-state index in [-0.39, 0.29) is 33.6 Å². The number of anilines is 20. The first-order chi connectivity index (χ1) is 62.5. The predicted molar refractivity (Wildman–Crippen MR) is 514 cm³/mol. The van der Waals surface area contributed by atoms with Gasteiger partial charge in [-0.25, -0.2) is 59.5 Å². The van der Waals surface area contributed by atoms with Crippen molar-refractivity contribution in [2.45, 2.75) is 111 Å². The minimum Gasteiger partial charge on any atom is 2.00 e. The van der Waals surface area contributed by atoms with Crippen molar-refractivity contribution in [2.75, 3.05) is 164 Å². The molecule has 0 atom stereocenters. The molecule has 0 aliphatic rings. The molecular formula is C88H112Co2N36Se4. The van der Waals surface area contributed by atoms with Gasteiger partial charge in [-0.15, -0.1) is 0 Å². The third-order valence-corrected chi connectivity index (χ3v) is 18.6. The Morgan fingerprint density at radius 3 is 0.354 bits per heavy atom. The van der Waals surface area contributed by atoms with Crippen LogP contribution >= 0.6 is 0 Å². The average Bonchev–Trinajstić information content (AvgIpc) is 0.806. The fraction of sp³-hybridized carbons (Fsp3) is 0.364. The summed E-state index contributed by atoms with van der Waals surface area (Å²) < 4.78 is 0. The fourth-order valence-electron chi connectivity index (χ4n) is 12.1. The van der Waals surface area contributed by atoms with E-state index in [2.05, 4.69) is 254 Å². The molecule has 2 radical (unpaired) electrons. The molecule has 0 aliphatic heterocycles. The molecule has 0 aliphatic carbocycles. The molecule has 36 nitrogen and oxygen atoms in total. The standard InChI is InChI=1S/4C21H28N8.4CHNSe.2Co/c4*1-5-27(6-2)19-24-20(28(7-3)8-4)26-21(25-19)29(17-13-9-11-15-22-17)18-14-10-12-16-23-18;4*2-1-3;;/h4*9-16H,5-8H2,1-4H3;4*3H;;/q;;;;;;;;2*+2/p-4. The number of nitriles is 4. The van der Waals surface area contributed by atoms with E-state index >= 15 is 0 Å². The quantitative estimate of drug-likeness (QED) is 0.0329. The van der Waals surface area contributed by atoms with Gasteiger partial charge in [0, 0.05) is 154 Å². The monoisotopic (exact) mass is 2110 g/mol. The molecule has 0 bridgehead atoms. The maximum Gasteiger partial charge on any atom is 2.00 e. The van der Waals surface area contributed by atoms with Crippen LogP contribution in [0.4, 0.5) is 118 Å². The Morgan fingerprint density at radius 2 is 0.277 bits per heavy atom. The summed E-state index contributed by atoms with van der Waals surface area (Å²) >= 11 is 8.44. The van der Waals surface area contributed by atoms with Crippen LogP contribution in [-0.4, -0.2) is 268 Å². The van der Waals surface area contributed by atoms with E-state index < -0.39 is 0 Å². The van der Waals surface area contributed by atoms with Crippen molar-refractivity contribution in [3.8, 4) is 19.9 Å². The predicted octanol–water partition coefficient (Wildman–Crippen LogP) is 13.8. The van der Waals surface area contributed by atoms with Crippen LogP contribution in [0.3, 0.4) is 0 Å². The number of rotatable bonds is 36. The first kappa shape index (κ1) is 112. The minimum absolute atomic E-state index is 0. The van der Waals surface area contributed by atoms with Gasteiger partial charge >= 0.3 is 139 Å². The third-order valence-electron chi connectivity index (χ3n) is 18.6.